The molecule has 1 N–H and O–H groups in total. The number of alkyl halides is 2. The Hall–Kier alpha value is -2.23. The Morgan fingerprint density at radius 1 is 1.29 bits per heavy atom. The van der Waals surface area contributed by atoms with Crippen LogP contribution < -0.4 is 10.2 Å². The number of amides is 2. The molecule has 0 spiro atoms. The van der Waals surface area contributed by atoms with Crippen molar-refractivity contribution in [2.45, 2.75) is 41.9 Å². The van der Waals surface area contributed by atoms with Crippen molar-refractivity contribution in [2.75, 3.05) is 18.1 Å². The van der Waals surface area contributed by atoms with E-state index in [1.54, 1.807) is 12.1 Å². The van der Waals surface area contributed by atoms with Gasteiger partial charge in [-0.25, -0.2) is 8.78 Å². The molecule has 166 valence electrons. The van der Waals surface area contributed by atoms with Crippen LogP contribution in [0.4, 0.5) is 14.5 Å². The lowest BCUT2D eigenvalue weighted by Crippen LogP contribution is -2.60. The van der Waals surface area contributed by atoms with E-state index >= 15 is 0 Å². The molecule has 1 aliphatic heterocycles. The number of halogens is 3. The highest BCUT2D eigenvalue weighted by Gasteiger charge is 2.47. The van der Waals surface area contributed by atoms with Gasteiger partial charge < -0.3 is 10.1 Å². The fourth-order valence-corrected chi connectivity index (χ4v) is 3.76. The number of benzene rings is 1. The van der Waals surface area contributed by atoms with Crippen LogP contribution in [0.5, 0.6) is 0 Å². The van der Waals surface area contributed by atoms with Crippen LogP contribution in [0.2, 0.25) is 0 Å². The average molecular weight is 470 g/mol. The first-order valence-corrected chi connectivity index (χ1v) is 10.5. The van der Waals surface area contributed by atoms with Crippen LogP contribution in [-0.2, 0) is 19.9 Å². The maximum atomic E-state index is 14.1. The van der Waals surface area contributed by atoms with Crippen molar-refractivity contribution < 1.29 is 23.1 Å². The van der Waals surface area contributed by atoms with Crippen molar-refractivity contribution in [2.24, 2.45) is 0 Å². The highest BCUT2D eigenvalue weighted by atomic mass is 35.5. The lowest BCUT2D eigenvalue weighted by Gasteiger charge is -2.41. The number of ether oxygens (including phenoxy) is 1. The van der Waals surface area contributed by atoms with Crippen LogP contribution in [0, 0.1) is 5.82 Å². The van der Waals surface area contributed by atoms with Crippen LogP contribution >= 0.6 is 24.2 Å². The number of hydrogen-bond acceptors (Lipinski definition) is 5. The van der Waals surface area contributed by atoms with E-state index in [0.29, 0.717) is 31.0 Å². The normalized spacial score (nSPS) is 17.5. The van der Waals surface area contributed by atoms with E-state index < -0.39 is 28.8 Å². The SMILES string of the molecule is CC(C(=O)NC1CCOCC1)(c1cncc(F)c1)N(C(=O)[C@H](F)Cl)c1ccc(S)cc1. The molecule has 0 saturated carbocycles. The monoisotopic (exact) mass is 469 g/mol. The van der Waals surface area contributed by atoms with Crippen molar-refractivity contribution >= 4 is 41.7 Å². The van der Waals surface area contributed by atoms with E-state index in [2.05, 4.69) is 22.9 Å². The molecule has 2 heterocycles. The zero-order valence-corrected chi connectivity index (χ0v) is 18.4. The van der Waals surface area contributed by atoms with Gasteiger partial charge >= 0.3 is 0 Å². The number of hydrogen-bond donors (Lipinski definition) is 2. The molecular weight excluding hydrogens is 448 g/mol. The maximum Gasteiger partial charge on any atom is 0.278 e. The molecule has 10 heteroatoms. The number of rotatable bonds is 6. The Labute approximate surface area is 189 Å². The first-order valence-electron chi connectivity index (χ1n) is 9.64. The third-order valence-electron chi connectivity index (χ3n) is 5.23. The third kappa shape index (κ3) is 5.16. The largest absolute Gasteiger partial charge is 0.381 e. The van der Waals surface area contributed by atoms with Gasteiger partial charge in [-0.3, -0.25) is 19.5 Å². The van der Waals surface area contributed by atoms with Gasteiger partial charge in [0.15, 0.2) is 5.54 Å². The van der Waals surface area contributed by atoms with Crippen molar-refractivity contribution in [1.82, 2.24) is 10.3 Å². The van der Waals surface area contributed by atoms with E-state index in [0.717, 1.165) is 17.2 Å². The molecule has 3 rings (SSSR count). The minimum atomic E-state index is -2.42. The summed E-state index contributed by atoms with van der Waals surface area (Å²) in [6, 6.07) is 7.06. The summed E-state index contributed by atoms with van der Waals surface area (Å²) in [6.45, 7) is 2.36. The van der Waals surface area contributed by atoms with Crippen LogP contribution in [-0.4, -0.2) is 41.7 Å². The Kier molecular flexibility index (Phi) is 7.51. The van der Waals surface area contributed by atoms with Gasteiger partial charge in [-0.05, 0) is 50.1 Å². The van der Waals surface area contributed by atoms with E-state index in [9.17, 15) is 18.4 Å². The predicted octanol–water partition coefficient (Wildman–Crippen LogP) is 3.59. The molecule has 0 aliphatic carbocycles. The zero-order chi connectivity index (χ0) is 22.6. The fourth-order valence-electron chi connectivity index (χ4n) is 3.51. The summed E-state index contributed by atoms with van der Waals surface area (Å²) in [6.07, 6.45) is 3.39. The lowest BCUT2D eigenvalue weighted by molar-refractivity contribution is -0.132. The fraction of sp³-hybridized carbons (Fsp3) is 0.381. The van der Waals surface area contributed by atoms with Crippen LogP contribution in [0.1, 0.15) is 25.3 Å². The Morgan fingerprint density at radius 3 is 2.52 bits per heavy atom. The van der Waals surface area contributed by atoms with Crippen LogP contribution in [0.25, 0.3) is 0 Å². The molecule has 0 bridgehead atoms. The summed E-state index contributed by atoms with van der Waals surface area (Å²) < 4.78 is 33.5. The summed E-state index contributed by atoms with van der Waals surface area (Å²) in [5.41, 5.74) is -4.01. The molecule has 2 aromatic rings. The van der Waals surface area contributed by atoms with Crippen LogP contribution in [0.3, 0.4) is 0 Å². The average Bonchev–Trinajstić information content (AvgIpc) is 2.75. The standard InChI is InChI=1S/C21H22ClF2N3O3S/c1-21(13-10-14(23)12-25-11-13,20(29)26-15-6-8-30-9-7-15)27(19(28)18(22)24)16-2-4-17(31)5-3-16/h2-5,10-12,15,18,31H,6-9H2,1H3,(H,26,29)/t18-,21?/m0/s1. The molecule has 1 aromatic carbocycles. The van der Waals surface area contributed by atoms with Gasteiger partial charge in [0.2, 0.25) is 0 Å². The van der Waals surface area contributed by atoms with Crippen molar-refractivity contribution in [3.8, 4) is 0 Å². The summed E-state index contributed by atoms with van der Waals surface area (Å²) in [7, 11) is 0. The number of anilines is 1. The lowest BCUT2D eigenvalue weighted by atomic mass is 9.88. The molecule has 1 aliphatic rings. The smallest absolute Gasteiger partial charge is 0.278 e. The molecule has 1 aromatic heterocycles. The Balaban J connectivity index is 2.14. The summed E-state index contributed by atoms with van der Waals surface area (Å²) in [5.74, 6) is -2.49. The molecular formula is C21H22ClF2N3O3S. The molecule has 2 atom stereocenters. The van der Waals surface area contributed by atoms with Crippen molar-refractivity contribution in [1.29, 1.82) is 0 Å². The van der Waals surface area contributed by atoms with Crippen molar-refractivity contribution in [3.05, 3.63) is 54.1 Å². The minimum absolute atomic E-state index is 0.0673. The van der Waals surface area contributed by atoms with E-state index in [4.69, 9.17) is 16.3 Å². The topological polar surface area (TPSA) is 71.5 Å². The van der Waals surface area contributed by atoms with Gasteiger partial charge in [0.05, 0.1) is 6.20 Å². The first-order chi connectivity index (χ1) is 14.7. The quantitative estimate of drug-likeness (QED) is 0.501. The first kappa shape index (κ1) is 23.4. The molecule has 6 nitrogen and oxygen atoms in total. The predicted molar refractivity (Wildman–Crippen MR) is 115 cm³/mol. The number of nitrogens with zero attached hydrogens (tertiary/aromatic N) is 2. The van der Waals surface area contributed by atoms with Gasteiger partial charge in [-0.1, -0.05) is 11.6 Å². The minimum Gasteiger partial charge on any atom is -0.381 e. The summed E-state index contributed by atoms with van der Waals surface area (Å²) in [5, 5.41) is 2.89. The summed E-state index contributed by atoms with van der Waals surface area (Å²) in [4.78, 5) is 31.8. The van der Waals surface area contributed by atoms with Crippen molar-refractivity contribution in [3.63, 3.8) is 0 Å². The van der Waals surface area contributed by atoms with Crippen LogP contribution in [0.15, 0.2) is 47.6 Å². The number of carbonyl (C=O) groups is 2. The molecule has 1 saturated heterocycles. The maximum absolute atomic E-state index is 14.1. The Morgan fingerprint density at radius 2 is 1.94 bits per heavy atom. The second-order valence-electron chi connectivity index (χ2n) is 7.31. The molecule has 1 unspecified atom stereocenters. The second-order valence-corrected chi connectivity index (χ2v) is 8.21. The molecule has 31 heavy (non-hydrogen) atoms. The van der Waals surface area contributed by atoms with Gasteiger partial charge in [-0.15, -0.1) is 12.6 Å². The van der Waals surface area contributed by atoms with E-state index in [1.165, 1.54) is 25.3 Å². The van der Waals surface area contributed by atoms with Gasteiger partial charge in [0.1, 0.15) is 5.82 Å². The number of aromatic nitrogens is 1. The van der Waals surface area contributed by atoms with E-state index in [-0.39, 0.29) is 17.3 Å². The molecule has 2 amide bonds. The summed E-state index contributed by atoms with van der Waals surface area (Å²) >= 11 is 9.74. The highest BCUT2D eigenvalue weighted by Crippen LogP contribution is 2.36. The number of nitrogens with one attached hydrogen (secondary N) is 1. The molecule has 1 fully saturated rings. The number of carbonyl (C=O) groups excluding carboxylic acids is 2. The van der Waals surface area contributed by atoms with Gasteiger partial charge in [0.25, 0.3) is 17.4 Å². The molecule has 0 radical (unpaired) electrons. The van der Waals surface area contributed by atoms with E-state index in [1.807, 2.05) is 0 Å². The third-order valence-corrected chi connectivity index (χ3v) is 5.71. The highest BCUT2D eigenvalue weighted by molar-refractivity contribution is 7.80. The Bertz CT molecular complexity index is 942. The van der Waals surface area contributed by atoms with Gasteiger partial charge in [-0.2, -0.15) is 0 Å². The van der Waals surface area contributed by atoms with Gasteiger partial charge in [0, 0.05) is 41.6 Å². The number of pyridine rings is 1. The number of thiol groups is 1. The zero-order valence-electron chi connectivity index (χ0n) is 16.7. The second kappa shape index (κ2) is 9.93.